The summed E-state index contributed by atoms with van der Waals surface area (Å²) in [5, 5.41) is 83.0. The Morgan fingerprint density at radius 2 is 1.31 bits per heavy atom. The Morgan fingerprint density at radius 1 is 0.725 bits per heavy atom. The SMILES string of the molecule is COP(=O)(O)P(=O)(O)O[C@H]1O[C@H](CO)C(O[C@@H]2O[C@H](CO)[C@@H](O)[C@H](O)[C@H]2NC(C)=O)[C@H](O[C@H](C)C(=O)N[C@@H](C)C(=O)N[C@H](CCC(=O)N[C@@H](CCCCn2cc(CCCC(NC(C)=O)C(=O)O)nn2)C(=O)O)C(N)=O)[C@H]1NC(C)=O. The molecule has 0 aliphatic carbocycles. The Bertz CT molecular complexity index is 2420. The van der Waals surface area contributed by atoms with Gasteiger partial charge in [0.1, 0.15) is 79.0 Å². The van der Waals surface area contributed by atoms with Crippen molar-refractivity contribution in [3.05, 3.63) is 11.9 Å². The van der Waals surface area contributed by atoms with Crippen molar-refractivity contribution < 1.29 is 121 Å². The van der Waals surface area contributed by atoms with Gasteiger partial charge in [-0.05, 0) is 58.8 Å². The van der Waals surface area contributed by atoms with Crippen LogP contribution >= 0.6 is 14.6 Å². The average molecular weight is 1190 g/mol. The highest BCUT2D eigenvalue weighted by Crippen LogP contribution is 2.78. The molecule has 1 aromatic heterocycles. The maximum Gasteiger partial charge on any atom is 0.440 e. The lowest BCUT2D eigenvalue weighted by Gasteiger charge is -2.49. The highest BCUT2D eigenvalue weighted by Gasteiger charge is 2.57. The van der Waals surface area contributed by atoms with Crippen molar-refractivity contribution in [3.63, 3.8) is 0 Å². The molecule has 454 valence electrons. The second-order valence-electron chi connectivity index (χ2n) is 18.6. The van der Waals surface area contributed by atoms with Crippen molar-refractivity contribution in [1.82, 2.24) is 46.9 Å². The number of carboxylic acids is 2. The summed E-state index contributed by atoms with van der Waals surface area (Å²) in [7, 11) is -10.7. The maximum absolute atomic E-state index is 13.8. The Kier molecular flexibility index (Phi) is 27.0. The van der Waals surface area contributed by atoms with Crippen molar-refractivity contribution in [2.75, 3.05) is 20.3 Å². The van der Waals surface area contributed by atoms with Gasteiger partial charge < -0.3 is 102 Å². The van der Waals surface area contributed by atoms with Crippen molar-refractivity contribution in [3.8, 4) is 0 Å². The lowest BCUT2D eigenvalue weighted by atomic mass is 9.94. The summed E-state index contributed by atoms with van der Waals surface area (Å²) < 4.78 is 59.9. The molecule has 37 heteroatoms. The van der Waals surface area contributed by atoms with Gasteiger partial charge in [0, 0.05) is 47.0 Å². The predicted octanol–water partition coefficient (Wildman–Crippen LogP) is -5.54. The largest absolute Gasteiger partial charge is 0.480 e. The van der Waals surface area contributed by atoms with Crippen LogP contribution in [0, 0.1) is 0 Å². The number of carbonyl (C=O) groups excluding carboxylic acids is 7. The zero-order valence-corrected chi connectivity index (χ0v) is 46.1. The van der Waals surface area contributed by atoms with Crippen molar-refractivity contribution in [1.29, 1.82) is 0 Å². The minimum Gasteiger partial charge on any atom is -0.480 e. The molecule has 2 aliphatic rings. The van der Waals surface area contributed by atoms with E-state index in [1.807, 2.05) is 0 Å². The summed E-state index contributed by atoms with van der Waals surface area (Å²) >= 11 is 0. The summed E-state index contributed by atoms with van der Waals surface area (Å²) in [4.78, 5) is 133. The number of primary amides is 1. The lowest BCUT2D eigenvalue weighted by molar-refractivity contribution is -0.330. The van der Waals surface area contributed by atoms with Gasteiger partial charge in [-0.25, -0.2) is 18.7 Å². The van der Waals surface area contributed by atoms with Crippen LogP contribution in [0.2, 0.25) is 0 Å². The van der Waals surface area contributed by atoms with Gasteiger partial charge in [-0.15, -0.1) is 5.10 Å². The zero-order chi connectivity index (χ0) is 60.4. The van der Waals surface area contributed by atoms with Gasteiger partial charge in [0.15, 0.2) is 12.6 Å². The summed E-state index contributed by atoms with van der Waals surface area (Å²) in [6.45, 7) is 3.64. The van der Waals surface area contributed by atoms with E-state index < -0.39 is 185 Å². The average Bonchev–Trinajstić information content (AvgIpc) is 3.86. The van der Waals surface area contributed by atoms with Gasteiger partial charge in [-0.3, -0.25) is 42.8 Å². The molecule has 1 aromatic rings. The van der Waals surface area contributed by atoms with Gasteiger partial charge in [0.05, 0.1) is 18.9 Å². The molecule has 4 unspecified atom stereocenters. The molecule has 2 fully saturated rings. The van der Waals surface area contributed by atoms with E-state index in [1.54, 1.807) is 6.20 Å². The fourth-order valence-corrected chi connectivity index (χ4v) is 10.2. The molecule has 7 amide bonds. The van der Waals surface area contributed by atoms with E-state index >= 15 is 0 Å². The summed E-state index contributed by atoms with van der Waals surface area (Å²) in [5.41, 5.74) is 6.07. The zero-order valence-electron chi connectivity index (χ0n) is 44.3. The quantitative estimate of drug-likeness (QED) is 0.0231. The second kappa shape index (κ2) is 31.5. The molecule has 0 radical (unpaired) electrons. The number of aliphatic hydroxyl groups is 4. The normalized spacial score (nSPS) is 26.3. The first-order valence-corrected chi connectivity index (χ1v) is 28.7. The maximum atomic E-state index is 13.8. The number of hydrogen-bond acceptors (Lipinski definition) is 23. The predicted molar refractivity (Wildman–Crippen MR) is 265 cm³/mol. The molecule has 0 aromatic carbocycles. The fourth-order valence-electron chi connectivity index (χ4n) is 8.14. The minimum absolute atomic E-state index is 0.0234. The monoisotopic (exact) mass is 1190 g/mol. The molecule has 2 saturated heterocycles. The van der Waals surface area contributed by atoms with Crippen molar-refractivity contribution in [2.24, 2.45) is 5.73 Å². The number of aryl methyl sites for hydroxylation is 2. The van der Waals surface area contributed by atoms with Crippen LogP contribution in [-0.4, -0.2) is 221 Å². The van der Waals surface area contributed by atoms with Crippen LogP contribution < -0.4 is 37.6 Å². The molecule has 0 saturated carbocycles. The Morgan fingerprint density at radius 3 is 1.88 bits per heavy atom. The number of hydrogen-bond donors (Lipinski definition) is 15. The van der Waals surface area contributed by atoms with E-state index in [-0.39, 0.29) is 12.8 Å². The molecule has 3 rings (SSSR count). The molecule has 80 heavy (non-hydrogen) atoms. The second-order valence-corrected chi connectivity index (χ2v) is 24.2. The highest BCUT2D eigenvalue weighted by atomic mass is 32.1. The number of amides is 7. The molecule has 16 N–H and O–H groups in total. The topological polar surface area (TPSA) is 534 Å². The van der Waals surface area contributed by atoms with Crippen molar-refractivity contribution in [2.45, 2.75) is 184 Å². The van der Waals surface area contributed by atoms with Gasteiger partial charge in [0.2, 0.25) is 41.4 Å². The van der Waals surface area contributed by atoms with Gasteiger partial charge >= 0.3 is 26.5 Å². The molecular weight excluding hydrogens is 1120 g/mol. The van der Waals surface area contributed by atoms with E-state index in [0.29, 0.717) is 45.0 Å². The summed E-state index contributed by atoms with van der Waals surface area (Å²) in [6.07, 6.45) is -14.7. The van der Waals surface area contributed by atoms with Crippen LogP contribution in [0.4, 0.5) is 0 Å². The number of rotatable bonds is 33. The fraction of sp³-hybridized carbons (Fsp3) is 0.744. The molecule has 2 aliphatic heterocycles. The summed E-state index contributed by atoms with van der Waals surface area (Å²) in [6, 6.07) is -9.14. The van der Waals surface area contributed by atoms with Crippen LogP contribution in [0.5, 0.6) is 0 Å². The number of nitrogens with zero attached hydrogens (tertiary/aromatic N) is 3. The number of carboxylic acid groups (broad SMARTS) is 2. The molecule has 17 atom stereocenters. The van der Waals surface area contributed by atoms with Gasteiger partial charge in [-0.1, -0.05) is 5.21 Å². The number of unbranched alkanes of at least 4 members (excludes halogenated alkanes) is 1. The van der Waals surface area contributed by atoms with E-state index in [9.17, 15) is 92.7 Å². The third-order valence-electron chi connectivity index (χ3n) is 12.3. The lowest BCUT2D eigenvalue weighted by Crippen LogP contribution is -2.70. The highest BCUT2D eigenvalue weighted by molar-refractivity contribution is 8.26. The number of aromatic nitrogens is 3. The van der Waals surface area contributed by atoms with E-state index in [1.165, 1.54) is 11.6 Å². The van der Waals surface area contributed by atoms with E-state index in [0.717, 1.165) is 27.7 Å². The number of nitrogens with one attached hydrogen (secondary N) is 6. The number of aliphatic carboxylic acids is 2. The standard InChI is InChI=1S/C43H72N10O25P2/c1-19(38(63)50-25(37(44)62)13-14-30(59)49-27(41(67)68)11-7-8-15-53-16-24(51-52-53)10-9-12-26(40(65)66)46-21(3)56)45-39(64)20(2)74-36-32(48-23(5)58)43(78-80(71,72)79(69,70)73-6)76-29(18-55)35(36)77-42-31(47-22(4)57)34(61)33(60)28(17-54)75-42/h16,19-20,25-29,31-36,42-43,54-55,60-61H,7-15,17-18H2,1-6H3,(H2,44,62)(H,45,64)(H,46,56)(H,47,57)(H,48,58)(H,49,59)(H,50,63)(H,65,66)(H,67,68)(H,69,70)(H,71,72)/t19-,20+,25+,26?,27-,28+,29+,31+,32+,33+,34+,35?,36+,42-,43+/m0/s1. The van der Waals surface area contributed by atoms with Crippen LogP contribution in [0.3, 0.4) is 0 Å². The van der Waals surface area contributed by atoms with E-state index in [4.69, 9.17) is 29.2 Å². The molecule has 0 spiro atoms. The molecule has 0 bridgehead atoms. The van der Waals surface area contributed by atoms with Gasteiger partial charge in [0.25, 0.3) is 0 Å². The first-order valence-electron chi connectivity index (χ1n) is 24.8. The first kappa shape index (κ1) is 68.6. The minimum atomic E-state index is -5.81. The smallest absolute Gasteiger partial charge is 0.440 e. The van der Waals surface area contributed by atoms with Crippen LogP contribution in [-0.2, 0) is 93.2 Å². The third kappa shape index (κ3) is 20.4. The number of carbonyl (C=O) groups is 9. The Hall–Kier alpha value is -5.65. The molecule has 35 nitrogen and oxygen atoms in total. The first-order chi connectivity index (χ1) is 37.4. The van der Waals surface area contributed by atoms with Crippen LogP contribution in [0.25, 0.3) is 0 Å². The van der Waals surface area contributed by atoms with Crippen LogP contribution in [0.15, 0.2) is 6.20 Å². The van der Waals surface area contributed by atoms with Crippen LogP contribution in [0.1, 0.15) is 85.3 Å². The third-order valence-corrected chi connectivity index (χ3v) is 16.6. The summed E-state index contributed by atoms with van der Waals surface area (Å²) in [5.74, 6) is -8.91. The molecule has 3 heterocycles. The number of ether oxygens (including phenoxy) is 4. The Balaban J connectivity index is 1.71. The van der Waals surface area contributed by atoms with E-state index in [2.05, 4.69) is 46.7 Å². The van der Waals surface area contributed by atoms with Gasteiger partial charge in [-0.2, -0.15) is 0 Å². The molecular formula is C43H72N10O25P2. The Labute approximate surface area is 456 Å². The number of nitrogens with two attached hydrogens (primary N) is 1. The van der Waals surface area contributed by atoms with Crippen molar-refractivity contribution >= 4 is 67.9 Å². The number of aliphatic hydroxyl groups excluding tert-OH is 4.